The summed E-state index contributed by atoms with van der Waals surface area (Å²) >= 11 is 0. The van der Waals surface area contributed by atoms with E-state index in [1.165, 1.54) is 0 Å². The molecule has 0 bridgehead atoms. The molecule has 35 heavy (non-hydrogen) atoms. The molecule has 8 nitrogen and oxygen atoms in total. The Morgan fingerprint density at radius 2 is 1.97 bits per heavy atom. The number of hydrogen-bond donors (Lipinski definition) is 1. The molecular weight excluding hydrogens is 452 g/mol. The lowest BCUT2D eigenvalue weighted by atomic mass is 9.92. The number of carbonyl (C=O) groups excluding carboxylic acids is 1. The van der Waals surface area contributed by atoms with Crippen LogP contribution in [0.15, 0.2) is 24.5 Å². The average molecular weight is 484 g/mol. The number of anilines is 2. The number of benzene rings is 1. The van der Waals surface area contributed by atoms with Gasteiger partial charge in [0.2, 0.25) is 0 Å². The van der Waals surface area contributed by atoms with Crippen LogP contribution in [-0.2, 0) is 26.4 Å². The Labute approximate surface area is 203 Å². The van der Waals surface area contributed by atoms with Gasteiger partial charge in [-0.05, 0) is 49.9 Å². The number of urea groups is 1. The summed E-state index contributed by atoms with van der Waals surface area (Å²) in [6.45, 7) is 5.91. The van der Waals surface area contributed by atoms with E-state index in [4.69, 9.17) is 5.10 Å². The highest BCUT2D eigenvalue weighted by molar-refractivity contribution is 5.78. The maximum absolute atomic E-state index is 14.3. The van der Waals surface area contributed by atoms with Gasteiger partial charge in [-0.2, -0.15) is 10.2 Å². The first-order valence-electron chi connectivity index (χ1n) is 12.1. The fraction of sp³-hybridized carbons (Fsp3) is 0.480. The van der Waals surface area contributed by atoms with E-state index in [2.05, 4.69) is 29.2 Å². The Balaban J connectivity index is 1.63. The van der Waals surface area contributed by atoms with Crippen LogP contribution in [0.5, 0.6) is 0 Å². The summed E-state index contributed by atoms with van der Waals surface area (Å²) in [7, 11) is 3.41. The first-order valence-corrected chi connectivity index (χ1v) is 12.1. The van der Waals surface area contributed by atoms with E-state index >= 15 is 0 Å². The Bertz CT molecular complexity index is 1260. The lowest BCUT2D eigenvalue weighted by Gasteiger charge is -2.33. The second-order valence-corrected chi connectivity index (χ2v) is 9.54. The van der Waals surface area contributed by atoms with Crippen molar-refractivity contribution in [3.05, 3.63) is 46.9 Å². The van der Waals surface area contributed by atoms with Crippen LogP contribution in [0.4, 0.5) is 25.1 Å². The van der Waals surface area contributed by atoms with Gasteiger partial charge in [-0.1, -0.05) is 0 Å². The van der Waals surface area contributed by atoms with Crippen LogP contribution in [0.25, 0.3) is 11.1 Å². The topological polar surface area (TPSA) is 71.2 Å². The molecule has 2 aliphatic rings. The molecule has 0 saturated carbocycles. The molecule has 4 heterocycles. The molecular formula is C25H31F2N7O. The third kappa shape index (κ3) is 4.04. The van der Waals surface area contributed by atoms with Crippen molar-refractivity contribution in [1.82, 2.24) is 29.8 Å². The first kappa shape index (κ1) is 23.3. The van der Waals surface area contributed by atoms with Crippen molar-refractivity contribution in [1.29, 1.82) is 0 Å². The molecule has 2 aromatic heterocycles. The average Bonchev–Trinajstić information content (AvgIpc) is 3.45. The summed E-state index contributed by atoms with van der Waals surface area (Å²) in [5, 5.41) is 11.9. The molecule has 0 atom stereocenters. The van der Waals surface area contributed by atoms with E-state index in [1.54, 1.807) is 42.1 Å². The van der Waals surface area contributed by atoms with Crippen LogP contribution in [0, 0.1) is 0 Å². The van der Waals surface area contributed by atoms with Gasteiger partial charge in [0.1, 0.15) is 0 Å². The van der Waals surface area contributed by atoms with Crippen LogP contribution in [0.1, 0.15) is 55.1 Å². The zero-order chi connectivity index (χ0) is 24.9. The highest BCUT2D eigenvalue weighted by Crippen LogP contribution is 2.43. The number of carbonyl (C=O) groups is 1. The van der Waals surface area contributed by atoms with Crippen molar-refractivity contribution < 1.29 is 13.6 Å². The molecule has 0 fully saturated rings. The minimum atomic E-state index is -2.62. The number of aryl methyl sites for hydroxylation is 2. The van der Waals surface area contributed by atoms with Gasteiger partial charge in [0.15, 0.2) is 5.82 Å². The lowest BCUT2D eigenvalue weighted by molar-refractivity contribution is 0.152. The number of alkyl halides is 2. The maximum Gasteiger partial charge on any atom is 0.317 e. The van der Waals surface area contributed by atoms with Crippen LogP contribution < -0.4 is 10.2 Å². The molecule has 3 aromatic rings. The molecule has 2 aliphatic heterocycles. The molecule has 0 spiro atoms. The van der Waals surface area contributed by atoms with Crippen LogP contribution >= 0.6 is 0 Å². The molecule has 0 unspecified atom stereocenters. The number of halogens is 2. The molecule has 1 N–H and O–H groups in total. The minimum absolute atomic E-state index is 0.00667. The van der Waals surface area contributed by atoms with E-state index in [0.29, 0.717) is 37.2 Å². The van der Waals surface area contributed by atoms with Crippen molar-refractivity contribution in [3.63, 3.8) is 0 Å². The predicted octanol–water partition coefficient (Wildman–Crippen LogP) is 4.58. The first-order chi connectivity index (χ1) is 16.8. The molecule has 186 valence electrons. The summed E-state index contributed by atoms with van der Waals surface area (Å²) in [6, 6.07) is 3.54. The molecule has 5 rings (SSSR count). The minimum Gasteiger partial charge on any atom is -0.341 e. The summed E-state index contributed by atoms with van der Waals surface area (Å²) in [5.74, 6) is 0.762. The van der Waals surface area contributed by atoms with E-state index in [0.717, 1.165) is 41.2 Å². The van der Waals surface area contributed by atoms with Crippen molar-refractivity contribution in [2.24, 2.45) is 7.05 Å². The molecule has 0 aliphatic carbocycles. The Hall–Kier alpha value is -3.43. The van der Waals surface area contributed by atoms with E-state index in [1.807, 2.05) is 10.7 Å². The van der Waals surface area contributed by atoms with Gasteiger partial charge in [0, 0.05) is 73.9 Å². The molecule has 10 heteroatoms. The molecule has 1 aromatic carbocycles. The van der Waals surface area contributed by atoms with E-state index in [9.17, 15) is 13.6 Å². The van der Waals surface area contributed by atoms with E-state index in [-0.39, 0.29) is 17.6 Å². The SMILES string of the molecule is CNC(=O)N1CCc2c(c(N3CCCc4cc(-c5cnn(C)c5)c(C(F)F)cc43)nn2C(C)C)C1. The van der Waals surface area contributed by atoms with Gasteiger partial charge in [0.25, 0.3) is 6.43 Å². The van der Waals surface area contributed by atoms with Crippen molar-refractivity contribution in [3.8, 4) is 11.1 Å². The number of fused-ring (bicyclic) bond motifs is 2. The van der Waals surface area contributed by atoms with Gasteiger partial charge < -0.3 is 15.1 Å². The van der Waals surface area contributed by atoms with Gasteiger partial charge in [-0.25, -0.2) is 13.6 Å². The third-order valence-electron chi connectivity index (χ3n) is 6.93. The third-order valence-corrected chi connectivity index (χ3v) is 6.93. The highest BCUT2D eigenvalue weighted by atomic mass is 19.3. The van der Waals surface area contributed by atoms with Crippen LogP contribution in [0.2, 0.25) is 0 Å². The molecule has 0 saturated heterocycles. The summed E-state index contributed by atoms with van der Waals surface area (Å²) in [6.07, 6.45) is 3.17. The number of amides is 2. The zero-order valence-corrected chi connectivity index (χ0v) is 20.6. The van der Waals surface area contributed by atoms with Crippen molar-refractivity contribution in [2.45, 2.75) is 52.1 Å². The summed E-state index contributed by atoms with van der Waals surface area (Å²) in [4.78, 5) is 16.2. The van der Waals surface area contributed by atoms with Gasteiger partial charge >= 0.3 is 6.03 Å². The van der Waals surface area contributed by atoms with Crippen LogP contribution in [0.3, 0.4) is 0 Å². The Kier molecular flexibility index (Phi) is 5.98. The molecule has 2 amide bonds. The monoisotopic (exact) mass is 483 g/mol. The molecule has 0 radical (unpaired) electrons. The summed E-state index contributed by atoms with van der Waals surface area (Å²) in [5.41, 5.74) is 5.10. The standard InChI is InChI=1S/C25H31F2N7O/c1-15(2)34-21-7-9-32(25(35)28-3)14-20(21)24(30-34)33-8-5-6-16-10-18(17-12-29-31(4)13-17)19(23(26)27)11-22(16)33/h10-13,15,23H,5-9,14H2,1-4H3,(H,28,35). The largest absolute Gasteiger partial charge is 0.341 e. The number of rotatable bonds is 4. The van der Waals surface area contributed by atoms with Gasteiger partial charge in [-0.3, -0.25) is 9.36 Å². The zero-order valence-electron chi connectivity index (χ0n) is 20.6. The number of aromatic nitrogens is 4. The maximum atomic E-state index is 14.3. The number of nitrogens with zero attached hydrogens (tertiary/aromatic N) is 6. The number of nitrogens with one attached hydrogen (secondary N) is 1. The highest BCUT2D eigenvalue weighted by Gasteiger charge is 2.33. The number of hydrogen-bond acceptors (Lipinski definition) is 4. The smallest absolute Gasteiger partial charge is 0.317 e. The fourth-order valence-electron chi connectivity index (χ4n) is 5.26. The Morgan fingerprint density at radius 1 is 1.17 bits per heavy atom. The van der Waals surface area contributed by atoms with Gasteiger partial charge in [0.05, 0.1) is 12.7 Å². The lowest BCUT2D eigenvalue weighted by Crippen LogP contribution is -2.41. The fourth-order valence-corrected chi connectivity index (χ4v) is 5.26. The van der Waals surface area contributed by atoms with Crippen molar-refractivity contribution >= 4 is 17.5 Å². The quantitative estimate of drug-likeness (QED) is 0.590. The van der Waals surface area contributed by atoms with E-state index < -0.39 is 6.43 Å². The van der Waals surface area contributed by atoms with Gasteiger partial charge in [-0.15, -0.1) is 0 Å². The summed E-state index contributed by atoms with van der Waals surface area (Å²) < 4.78 is 32.2. The Morgan fingerprint density at radius 3 is 2.63 bits per heavy atom. The second kappa shape index (κ2) is 8.98. The van der Waals surface area contributed by atoms with Crippen molar-refractivity contribution in [2.75, 3.05) is 25.0 Å². The van der Waals surface area contributed by atoms with Crippen LogP contribution in [-0.4, -0.2) is 50.6 Å². The predicted molar refractivity (Wildman–Crippen MR) is 130 cm³/mol. The normalized spacial score (nSPS) is 15.5. The second-order valence-electron chi connectivity index (χ2n) is 9.54.